The van der Waals surface area contributed by atoms with E-state index in [1.165, 1.54) is 18.2 Å². The highest BCUT2D eigenvalue weighted by atomic mass is 32.2. The van der Waals surface area contributed by atoms with Crippen molar-refractivity contribution in [2.75, 3.05) is 4.72 Å². The number of rotatable bonds is 5. The number of thiophene rings is 1. The van der Waals surface area contributed by atoms with Gasteiger partial charge in [-0.1, -0.05) is 36.4 Å². The number of sulfonamides is 1. The van der Waals surface area contributed by atoms with Gasteiger partial charge >= 0.3 is 0 Å². The van der Waals surface area contributed by atoms with Crippen molar-refractivity contribution < 1.29 is 18.3 Å². The van der Waals surface area contributed by atoms with E-state index in [1.807, 2.05) is 0 Å². The lowest BCUT2D eigenvalue weighted by molar-refractivity contribution is -0.273. The molecular formula is C19H13N4O4S2-. The van der Waals surface area contributed by atoms with Crippen LogP contribution in [0.3, 0.4) is 0 Å². The van der Waals surface area contributed by atoms with Crippen LogP contribution < -0.4 is 9.83 Å². The van der Waals surface area contributed by atoms with Gasteiger partial charge in [-0.15, -0.1) is 21.6 Å². The molecule has 10 heteroatoms. The van der Waals surface area contributed by atoms with Crippen LogP contribution in [0.4, 0.5) is 11.4 Å². The van der Waals surface area contributed by atoms with Crippen molar-refractivity contribution >= 4 is 49.5 Å². The van der Waals surface area contributed by atoms with Gasteiger partial charge in [-0.3, -0.25) is 9.52 Å². The maximum absolute atomic E-state index is 12.6. The quantitative estimate of drug-likeness (QED) is 0.468. The summed E-state index contributed by atoms with van der Waals surface area (Å²) in [7, 11) is -3.83. The van der Waals surface area contributed by atoms with Crippen LogP contribution in [0.2, 0.25) is 0 Å². The molecule has 0 saturated heterocycles. The summed E-state index contributed by atoms with van der Waals surface area (Å²) < 4.78 is 27.4. The first kappa shape index (κ1) is 18.8. The number of hydrogen-bond donors (Lipinski definition) is 2. The van der Waals surface area contributed by atoms with E-state index in [-0.39, 0.29) is 21.1 Å². The van der Waals surface area contributed by atoms with E-state index in [9.17, 15) is 18.3 Å². The minimum atomic E-state index is -3.83. The Morgan fingerprint density at radius 2 is 1.79 bits per heavy atom. The zero-order valence-corrected chi connectivity index (χ0v) is 16.3. The van der Waals surface area contributed by atoms with Gasteiger partial charge in [0, 0.05) is 10.9 Å². The summed E-state index contributed by atoms with van der Waals surface area (Å²) in [6, 6.07) is 16.1. The number of nitrogens with one attached hydrogen (secondary N) is 2. The number of fused-ring (bicyclic) bond motifs is 1. The van der Waals surface area contributed by atoms with Crippen LogP contribution in [-0.2, 0) is 10.0 Å². The number of aromatic amines is 1. The molecule has 0 unspecified atom stereocenters. The SMILES string of the molecule is O=C(N=Nc1c([O-])[nH]c2ccccc12)c1ccccc1NS(=O)(=O)c1cccs1. The first-order chi connectivity index (χ1) is 14.0. The largest absolute Gasteiger partial charge is 0.859 e. The van der Waals surface area contributed by atoms with E-state index in [2.05, 4.69) is 19.9 Å². The molecule has 4 rings (SSSR count). The summed E-state index contributed by atoms with van der Waals surface area (Å²) in [5.41, 5.74) is 0.698. The van der Waals surface area contributed by atoms with Crippen molar-refractivity contribution in [1.82, 2.24) is 4.98 Å². The normalized spacial score (nSPS) is 11.9. The van der Waals surface area contributed by atoms with Gasteiger partial charge in [0.15, 0.2) is 0 Å². The lowest BCUT2D eigenvalue weighted by Gasteiger charge is -2.09. The van der Waals surface area contributed by atoms with Gasteiger partial charge in [-0.2, -0.15) is 0 Å². The third-order valence-corrected chi connectivity index (χ3v) is 6.81. The maximum Gasteiger partial charge on any atom is 0.297 e. The monoisotopic (exact) mass is 425 g/mol. The van der Waals surface area contributed by atoms with E-state index in [4.69, 9.17) is 0 Å². The third-order valence-electron chi connectivity index (χ3n) is 4.05. The molecule has 146 valence electrons. The molecule has 0 aliphatic carbocycles. The number of hydrogen-bond acceptors (Lipinski definition) is 6. The zero-order valence-electron chi connectivity index (χ0n) is 14.7. The van der Waals surface area contributed by atoms with Gasteiger partial charge in [0.05, 0.1) is 11.3 Å². The zero-order chi connectivity index (χ0) is 20.4. The van der Waals surface area contributed by atoms with Crippen LogP contribution in [0.15, 0.2) is 80.5 Å². The molecule has 0 radical (unpaired) electrons. The third kappa shape index (κ3) is 3.75. The Hall–Kier alpha value is -3.50. The molecule has 0 fully saturated rings. The first-order valence-electron chi connectivity index (χ1n) is 8.35. The topological polar surface area (TPSA) is 127 Å². The minimum absolute atomic E-state index is 0.0173. The number of amides is 1. The van der Waals surface area contributed by atoms with E-state index >= 15 is 0 Å². The number of H-pyrrole nitrogens is 1. The van der Waals surface area contributed by atoms with Crippen molar-refractivity contribution in [2.24, 2.45) is 10.2 Å². The Morgan fingerprint density at radius 1 is 1.03 bits per heavy atom. The van der Waals surface area contributed by atoms with Crippen molar-refractivity contribution in [3.05, 3.63) is 71.6 Å². The first-order valence-corrected chi connectivity index (χ1v) is 10.7. The number of azo groups is 1. The molecule has 2 heterocycles. The second kappa shape index (κ2) is 7.49. The number of carbonyl (C=O) groups excluding carboxylic acids is 1. The van der Waals surface area contributed by atoms with Crippen LogP contribution >= 0.6 is 11.3 Å². The summed E-state index contributed by atoms with van der Waals surface area (Å²) in [5, 5.41) is 21.7. The maximum atomic E-state index is 12.6. The summed E-state index contributed by atoms with van der Waals surface area (Å²) in [6.07, 6.45) is 0. The molecule has 0 aliphatic rings. The summed E-state index contributed by atoms with van der Waals surface area (Å²) in [4.78, 5) is 15.2. The molecule has 2 aromatic heterocycles. The van der Waals surface area contributed by atoms with Crippen molar-refractivity contribution in [2.45, 2.75) is 4.21 Å². The fourth-order valence-corrected chi connectivity index (χ4v) is 4.79. The number of para-hydroxylation sites is 2. The van der Waals surface area contributed by atoms with Gasteiger partial charge in [-0.25, -0.2) is 8.42 Å². The van der Waals surface area contributed by atoms with E-state index in [0.29, 0.717) is 10.9 Å². The van der Waals surface area contributed by atoms with Gasteiger partial charge in [0.2, 0.25) is 0 Å². The average Bonchev–Trinajstić information content (AvgIpc) is 3.34. The van der Waals surface area contributed by atoms with Crippen molar-refractivity contribution in [3.63, 3.8) is 0 Å². The smallest absolute Gasteiger partial charge is 0.297 e. The van der Waals surface area contributed by atoms with Crippen LogP contribution in [0.25, 0.3) is 10.9 Å². The van der Waals surface area contributed by atoms with Gasteiger partial charge < -0.3 is 10.1 Å². The molecule has 0 saturated carbocycles. The Labute approximate surface area is 169 Å². The number of carbonyl (C=O) groups is 1. The highest BCUT2D eigenvalue weighted by Crippen LogP contribution is 2.33. The summed E-state index contributed by atoms with van der Waals surface area (Å²) >= 11 is 1.06. The Balaban J connectivity index is 1.65. The van der Waals surface area contributed by atoms with Crippen molar-refractivity contribution in [1.29, 1.82) is 0 Å². The highest BCUT2D eigenvalue weighted by molar-refractivity contribution is 7.94. The van der Waals surface area contributed by atoms with Gasteiger partial charge in [-0.05, 0) is 35.5 Å². The Morgan fingerprint density at radius 3 is 2.59 bits per heavy atom. The van der Waals surface area contributed by atoms with Crippen LogP contribution in [0.5, 0.6) is 5.88 Å². The van der Waals surface area contributed by atoms with Crippen LogP contribution in [-0.4, -0.2) is 19.3 Å². The molecule has 0 atom stereocenters. The van der Waals surface area contributed by atoms with Gasteiger partial charge in [0.1, 0.15) is 9.90 Å². The minimum Gasteiger partial charge on any atom is -0.859 e. The number of aromatic nitrogens is 1. The molecular weight excluding hydrogens is 412 g/mol. The predicted molar refractivity (Wildman–Crippen MR) is 108 cm³/mol. The molecule has 0 bridgehead atoms. The fourth-order valence-electron chi connectivity index (χ4n) is 2.72. The number of nitrogens with zero attached hydrogens (tertiary/aromatic N) is 2. The second-order valence-corrected chi connectivity index (χ2v) is 8.79. The Bertz CT molecular complexity index is 1330. The van der Waals surface area contributed by atoms with Crippen molar-refractivity contribution in [3.8, 4) is 5.88 Å². The summed E-state index contributed by atoms with van der Waals surface area (Å²) in [5.74, 6) is -1.24. The number of benzene rings is 2. The summed E-state index contributed by atoms with van der Waals surface area (Å²) in [6.45, 7) is 0. The average molecular weight is 425 g/mol. The standard InChI is InChI=1S/C19H14N4O4S2/c24-18(22-21-17-12-6-1-3-8-14(12)20-19(17)25)13-7-2-4-9-15(13)23-29(26,27)16-10-5-11-28-16/h1-11,20,23,25H/p-1. The molecule has 29 heavy (non-hydrogen) atoms. The molecule has 0 spiro atoms. The van der Waals surface area contributed by atoms with Crippen LogP contribution in [0, 0.1) is 0 Å². The Kier molecular flexibility index (Phi) is 4.87. The lowest BCUT2D eigenvalue weighted by atomic mass is 10.2. The second-order valence-electron chi connectivity index (χ2n) is 5.94. The lowest BCUT2D eigenvalue weighted by Crippen LogP contribution is -2.14. The number of anilines is 1. The van der Waals surface area contributed by atoms with E-state index in [0.717, 1.165) is 11.3 Å². The highest BCUT2D eigenvalue weighted by Gasteiger charge is 2.19. The van der Waals surface area contributed by atoms with E-state index in [1.54, 1.807) is 47.8 Å². The molecule has 8 nitrogen and oxygen atoms in total. The van der Waals surface area contributed by atoms with Crippen LogP contribution in [0.1, 0.15) is 10.4 Å². The predicted octanol–water partition coefficient (Wildman–Crippen LogP) is 4.03. The molecule has 4 aromatic rings. The molecule has 0 aliphatic heterocycles. The molecule has 1 amide bonds. The fraction of sp³-hybridized carbons (Fsp3) is 0. The van der Waals surface area contributed by atoms with Gasteiger partial charge in [0.25, 0.3) is 15.9 Å². The van der Waals surface area contributed by atoms with E-state index < -0.39 is 21.8 Å². The molecule has 2 aromatic carbocycles. The molecule has 2 N–H and O–H groups in total.